The summed E-state index contributed by atoms with van der Waals surface area (Å²) < 4.78 is 16.4. The van der Waals surface area contributed by atoms with Gasteiger partial charge in [0.2, 0.25) is 0 Å². The van der Waals surface area contributed by atoms with Crippen molar-refractivity contribution in [1.29, 1.82) is 0 Å². The smallest absolute Gasteiger partial charge is 0.316 e. The van der Waals surface area contributed by atoms with Gasteiger partial charge < -0.3 is 19.5 Å². The lowest BCUT2D eigenvalue weighted by atomic mass is 9.93. The minimum atomic E-state index is -0.122. The maximum Gasteiger partial charge on any atom is 0.316 e. The fourth-order valence-corrected chi connectivity index (χ4v) is 2.93. The van der Waals surface area contributed by atoms with E-state index in [4.69, 9.17) is 14.2 Å². The van der Waals surface area contributed by atoms with Crippen LogP contribution in [0.4, 0.5) is 0 Å². The SMILES string of the molecule is COc1cccc(OCC(=O)NC2CCC(Oc3ncccn3)CC2)c1. The van der Waals surface area contributed by atoms with Crippen LogP contribution in [-0.4, -0.2) is 41.7 Å². The molecule has 1 aromatic heterocycles. The molecule has 0 atom stereocenters. The number of ether oxygens (including phenoxy) is 3. The Balaban J connectivity index is 1.38. The molecule has 0 saturated heterocycles. The number of aromatic nitrogens is 2. The molecule has 1 aromatic carbocycles. The zero-order valence-electron chi connectivity index (χ0n) is 14.8. The molecular weight excluding hydrogens is 334 g/mol. The Morgan fingerprint density at radius 2 is 1.85 bits per heavy atom. The van der Waals surface area contributed by atoms with E-state index in [2.05, 4.69) is 15.3 Å². The maximum atomic E-state index is 12.1. The summed E-state index contributed by atoms with van der Waals surface area (Å²) >= 11 is 0. The number of carbonyl (C=O) groups is 1. The molecule has 0 aliphatic heterocycles. The first-order valence-corrected chi connectivity index (χ1v) is 8.73. The molecule has 1 heterocycles. The number of rotatable bonds is 7. The van der Waals surface area contributed by atoms with Crippen molar-refractivity contribution in [2.75, 3.05) is 13.7 Å². The Kier molecular flexibility index (Phi) is 6.24. The van der Waals surface area contributed by atoms with Crippen LogP contribution in [0.5, 0.6) is 17.5 Å². The van der Waals surface area contributed by atoms with Gasteiger partial charge >= 0.3 is 6.01 Å². The third-order valence-electron chi connectivity index (χ3n) is 4.26. The minimum Gasteiger partial charge on any atom is -0.497 e. The number of benzene rings is 1. The van der Waals surface area contributed by atoms with Gasteiger partial charge in [-0.1, -0.05) is 6.07 Å². The van der Waals surface area contributed by atoms with E-state index in [1.165, 1.54) is 0 Å². The summed E-state index contributed by atoms with van der Waals surface area (Å²) in [6.45, 7) is -0.0124. The third kappa shape index (κ3) is 5.34. The van der Waals surface area contributed by atoms with Crippen LogP contribution in [0.15, 0.2) is 42.7 Å². The molecule has 1 saturated carbocycles. The average Bonchev–Trinajstić information content (AvgIpc) is 2.69. The summed E-state index contributed by atoms with van der Waals surface area (Å²) in [6, 6.07) is 9.51. The van der Waals surface area contributed by atoms with Gasteiger partial charge in [-0.2, -0.15) is 0 Å². The Morgan fingerprint density at radius 3 is 2.58 bits per heavy atom. The molecule has 0 spiro atoms. The van der Waals surface area contributed by atoms with Crippen molar-refractivity contribution in [3.63, 3.8) is 0 Å². The molecule has 1 aliphatic carbocycles. The second-order valence-corrected chi connectivity index (χ2v) is 6.16. The second kappa shape index (κ2) is 9.03. The molecule has 0 bridgehead atoms. The highest BCUT2D eigenvalue weighted by atomic mass is 16.5. The predicted octanol–water partition coefficient (Wildman–Crippen LogP) is 2.37. The molecule has 7 heteroatoms. The zero-order valence-corrected chi connectivity index (χ0v) is 14.8. The highest BCUT2D eigenvalue weighted by Crippen LogP contribution is 2.22. The summed E-state index contributed by atoms with van der Waals surface area (Å²) in [5.74, 6) is 1.19. The van der Waals surface area contributed by atoms with Gasteiger partial charge in [0.25, 0.3) is 5.91 Å². The average molecular weight is 357 g/mol. The van der Waals surface area contributed by atoms with Crippen molar-refractivity contribution < 1.29 is 19.0 Å². The normalized spacial score (nSPS) is 19.4. The van der Waals surface area contributed by atoms with Gasteiger partial charge in [-0.3, -0.25) is 4.79 Å². The molecule has 1 aliphatic rings. The number of amides is 1. The van der Waals surface area contributed by atoms with Crippen molar-refractivity contribution in [3.8, 4) is 17.5 Å². The number of methoxy groups -OCH3 is 1. The summed E-state index contributed by atoms with van der Waals surface area (Å²) in [5, 5.41) is 3.02. The second-order valence-electron chi connectivity index (χ2n) is 6.16. The molecule has 1 fully saturated rings. The first-order valence-electron chi connectivity index (χ1n) is 8.73. The molecular formula is C19H23N3O4. The fourth-order valence-electron chi connectivity index (χ4n) is 2.93. The molecule has 0 unspecified atom stereocenters. The van der Waals surface area contributed by atoms with Gasteiger partial charge in [-0.15, -0.1) is 0 Å². The number of nitrogens with zero attached hydrogens (tertiary/aromatic N) is 2. The van der Waals surface area contributed by atoms with Crippen LogP contribution in [0.1, 0.15) is 25.7 Å². The summed E-state index contributed by atoms with van der Waals surface area (Å²) in [5.41, 5.74) is 0. The molecule has 1 amide bonds. The molecule has 1 N–H and O–H groups in total. The number of nitrogens with one attached hydrogen (secondary N) is 1. The Bertz CT molecular complexity index is 703. The Morgan fingerprint density at radius 1 is 1.12 bits per heavy atom. The van der Waals surface area contributed by atoms with E-state index in [0.29, 0.717) is 17.5 Å². The lowest BCUT2D eigenvalue weighted by molar-refractivity contribution is -0.124. The lowest BCUT2D eigenvalue weighted by Gasteiger charge is -2.28. The lowest BCUT2D eigenvalue weighted by Crippen LogP contribution is -2.41. The van der Waals surface area contributed by atoms with Crippen LogP contribution in [0.3, 0.4) is 0 Å². The van der Waals surface area contributed by atoms with E-state index < -0.39 is 0 Å². The van der Waals surface area contributed by atoms with Gasteiger partial charge in [0.05, 0.1) is 7.11 Å². The zero-order chi connectivity index (χ0) is 18.2. The largest absolute Gasteiger partial charge is 0.497 e. The van der Waals surface area contributed by atoms with Crippen LogP contribution in [0, 0.1) is 0 Å². The van der Waals surface area contributed by atoms with Crippen molar-refractivity contribution in [3.05, 3.63) is 42.7 Å². The molecule has 7 nitrogen and oxygen atoms in total. The highest BCUT2D eigenvalue weighted by molar-refractivity contribution is 5.77. The Hall–Kier alpha value is -2.83. The summed E-state index contributed by atoms with van der Waals surface area (Å²) in [7, 11) is 1.59. The van der Waals surface area contributed by atoms with Crippen LogP contribution in [0.2, 0.25) is 0 Å². The summed E-state index contributed by atoms with van der Waals surface area (Å²) in [4.78, 5) is 20.2. The van der Waals surface area contributed by atoms with Crippen LogP contribution in [-0.2, 0) is 4.79 Å². The maximum absolute atomic E-state index is 12.1. The molecule has 0 radical (unpaired) electrons. The molecule has 2 aromatic rings. The number of hydrogen-bond donors (Lipinski definition) is 1. The highest BCUT2D eigenvalue weighted by Gasteiger charge is 2.24. The first-order chi connectivity index (χ1) is 12.7. The molecule has 3 rings (SSSR count). The van der Waals surface area contributed by atoms with Crippen LogP contribution >= 0.6 is 0 Å². The first kappa shape index (κ1) is 18.0. The summed E-state index contributed by atoms with van der Waals surface area (Å²) in [6.07, 6.45) is 6.87. The number of carbonyl (C=O) groups excluding carboxylic acids is 1. The topological polar surface area (TPSA) is 82.6 Å². The quantitative estimate of drug-likeness (QED) is 0.819. The van der Waals surface area contributed by atoms with E-state index in [1.54, 1.807) is 37.7 Å². The fraction of sp³-hybridized carbons (Fsp3) is 0.421. The van der Waals surface area contributed by atoms with Crippen molar-refractivity contribution >= 4 is 5.91 Å². The van der Waals surface area contributed by atoms with Gasteiger partial charge in [0, 0.05) is 24.5 Å². The Labute approximate surface area is 152 Å². The number of hydrogen-bond acceptors (Lipinski definition) is 6. The van der Waals surface area contributed by atoms with Gasteiger partial charge in [-0.25, -0.2) is 9.97 Å². The minimum absolute atomic E-state index is 0.0124. The van der Waals surface area contributed by atoms with E-state index in [-0.39, 0.29) is 24.7 Å². The monoisotopic (exact) mass is 357 g/mol. The van der Waals surface area contributed by atoms with E-state index in [9.17, 15) is 4.79 Å². The molecule has 26 heavy (non-hydrogen) atoms. The van der Waals surface area contributed by atoms with Gasteiger partial charge in [0.15, 0.2) is 6.61 Å². The standard InChI is InChI=1S/C19H23N3O4/c1-24-16-4-2-5-17(12-16)25-13-18(23)22-14-6-8-15(9-7-14)26-19-20-10-3-11-21-19/h2-5,10-12,14-15H,6-9,13H2,1H3,(H,22,23). The van der Waals surface area contributed by atoms with Crippen LogP contribution in [0.25, 0.3) is 0 Å². The van der Waals surface area contributed by atoms with E-state index >= 15 is 0 Å². The van der Waals surface area contributed by atoms with E-state index in [0.717, 1.165) is 25.7 Å². The van der Waals surface area contributed by atoms with Crippen molar-refractivity contribution in [2.45, 2.75) is 37.8 Å². The van der Waals surface area contributed by atoms with Gasteiger partial charge in [-0.05, 0) is 43.9 Å². The third-order valence-corrected chi connectivity index (χ3v) is 4.26. The van der Waals surface area contributed by atoms with Crippen LogP contribution < -0.4 is 19.5 Å². The predicted molar refractivity (Wildman–Crippen MR) is 95.3 cm³/mol. The van der Waals surface area contributed by atoms with E-state index in [1.807, 2.05) is 12.1 Å². The van der Waals surface area contributed by atoms with Crippen molar-refractivity contribution in [1.82, 2.24) is 15.3 Å². The van der Waals surface area contributed by atoms with Crippen molar-refractivity contribution in [2.24, 2.45) is 0 Å². The molecule has 138 valence electrons. The van der Waals surface area contributed by atoms with Gasteiger partial charge in [0.1, 0.15) is 17.6 Å².